The second-order valence-electron chi connectivity index (χ2n) is 9.69. The molecular formula is C30H32N2O8S. The Balaban J connectivity index is 1.94. The van der Waals surface area contributed by atoms with Crippen molar-refractivity contribution in [2.24, 2.45) is 10.9 Å². The van der Waals surface area contributed by atoms with Gasteiger partial charge < -0.3 is 23.7 Å². The van der Waals surface area contributed by atoms with Crippen molar-refractivity contribution in [3.63, 3.8) is 0 Å². The van der Waals surface area contributed by atoms with Crippen molar-refractivity contribution < 1.29 is 33.3 Å². The molecule has 0 spiro atoms. The maximum absolute atomic E-state index is 14.0. The summed E-state index contributed by atoms with van der Waals surface area (Å²) in [5.41, 5.74) is 1.55. The van der Waals surface area contributed by atoms with E-state index in [9.17, 15) is 14.4 Å². The first-order valence-electron chi connectivity index (χ1n) is 12.9. The van der Waals surface area contributed by atoms with Crippen molar-refractivity contribution in [3.8, 4) is 23.0 Å². The van der Waals surface area contributed by atoms with Gasteiger partial charge in [-0.1, -0.05) is 31.3 Å². The summed E-state index contributed by atoms with van der Waals surface area (Å²) in [6.07, 6.45) is 1.72. The molecule has 1 atom stereocenters. The second-order valence-corrected chi connectivity index (χ2v) is 10.7. The van der Waals surface area contributed by atoms with E-state index in [1.165, 1.54) is 29.9 Å². The van der Waals surface area contributed by atoms with E-state index in [2.05, 4.69) is 4.99 Å². The van der Waals surface area contributed by atoms with Crippen molar-refractivity contribution in [1.82, 2.24) is 4.57 Å². The molecule has 1 aliphatic heterocycles. The van der Waals surface area contributed by atoms with Crippen LogP contribution in [0.5, 0.6) is 23.0 Å². The van der Waals surface area contributed by atoms with Crippen molar-refractivity contribution >= 4 is 29.4 Å². The number of esters is 2. The van der Waals surface area contributed by atoms with Crippen LogP contribution in [0.3, 0.4) is 0 Å². The van der Waals surface area contributed by atoms with Crippen LogP contribution in [0.25, 0.3) is 6.08 Å². The SMILES string of the molecule is COc1ccc(/C=c2/sc3n(c2=O)[C@H](c2ccc(OC(C)=O)c(OC)c2)C(C(=O)OCC(C)C)=C(C)N=3)c(OC)c1. The summed E-state index contributed by atoms with van der Waals surface area (Å²) in [4.78, 5) is 44.1. The average molecular weight is 581 g/mol. The number of rotatable bonds is 9. The van der Waals surface area contributed by atoms with Gasteiger partial charge in [-0.3, -0.25) is 14.2 Å². The summed E-state index contributed by atoms with van der Waals surface area (Å²) < 4.78 is 29.0. The molecule has 0 bridgehead atoms. The lowest BCUT2D eigenvalue weighted by atomic mass is 9.95. The number of allylic oxidation sites excluding steroid dienone is 1. The van der Waals surface area contributed by atoms with Crippen molar-refractivity contribution in [3.05, 3.63) is 78.5 Å². The summed E-state index contributed by atoms with van der Waals surface area (Å²) in [5.74, 6) is 0.672. The van der Waals surface area contributed by atoms with Gasteiger partial charge in [0.1, 0.15) is 11.5 Å². The van der Waals surface area contributed by atoms with E-state index < -0.39 is 18.0 Å². The third kappa shape index (κ3) is 6.19. The van der Waals surface area contributed by atoms with Crippen molar-refractivity contribution in [2.45, 2.75) is 33.7 Å². The Hall–Kier alpha value is -4.38. The number of fused-ring (bicyclic) bond motifs is 1. The molecule has 4 rings (SSSR count). The Labute approximate surface area is 241 Å². The van der Waals surface area contributed by atoms with E-state index in [1.54, 1.807) is 63.6 Å². The smallest absolute Gasteiger partial charge is 0.338 e. The van der Waals surface area contributed by atoms with Crippen LogP contribution in [0.1, 0.15) is 44.9 Å². The zero-order valence-electron chi connectivity index (χ0n) is 24.0. The van der Waals surface area contributed by atoms with Gasteiger partial charge in [0.05, 0.1) is 49.8 Å². The van der Waals surface area contributed by atoms with Gasteiger partial charge in [-0.15, -0.1) is 0 Å². The normalized spacial score (nSPS) is 14.8. The minimum absolute atomic E-state index is 0.113. The minimum atomic E-state index is -0.869. The fourth-order valence-electron chi connectivity index (χ4n) is 4.39. The molecule has 3 aromatic rings. The molecule has 11 heteroatoms. The number of carbonyl (C=O) groups excluding carboxylic acids is 2. The summed E-state index contributed by atoms with van der Waals surface area (Å²) in [5, 5.41) is 0. The molecule has 0 unspecified atom stereocenters. The Morgan fingerprint density at radius 3 is 2.39 bits per heavy atom. The zero-order valence-corrected chi connectivity index (χ0v) is 24.8. The number of benzene rings is 2. The highest BCUT2D eigenvalue weighted by Gasteiger charge is 2.34. The van der Waals surface area contributed by atoms with E-state index in [1.807, 2.05) is 13.8 Å². The minimum Gasteiger partial charge on any atom is -0.497 e. The molecule has 2 aromatic carbocycles. The van der Waals surface area contributed by atoms with E-state index in [0.29, 0.717) is 37.7 Å². The first kappa shape index (κ1) is 29.6. The summed E-state index contributed by atoms with van der Waals surface area (Å²) >= 11 is 1.20. The van der Waals surface area contributed by atoms with Gasteiger partial charge in [-0.25, -0.2) is 9.79 Å². The van der Waals surface area contributed by atoms with Gasteiger partial charge in [0.2, 0.25) is 0 Å². The Kier molecular flexibility index (Phi) is 8.97. The molecule has 0 saturated carbocycles. The molecule has 0 radical (unpaired) electrons. The second kappa shape index (κ2) is 12.4. The van der Waals surface area contributed by atoms with Crippen LogP contribution in [0.15, 0.2) is 57.5 Å². The van der Waals surface area contributed by atoms with E-state index >= 15 is 0 Å². The fourth-order valence-corrected chi connectivity index (χ4v) is 5.43. The number of methoxy groups -OCH3 is 3. The summed E-state index contributed by atoms with van der Waals surface area (Å²) in [6, 6.07) is 9.33. The van der Waals surface area contributed by atoms with E-state index in [4.69, 9.17) is 23.7 Å². The van der Waals surface area contributed by atoms with Gasteiger partial charge in [0.25, 0.3) is 5.56 Å². The number of carbonyl (C=O) groups is 2. The monoisotopic (exact) mass is 580 g/mol. The number of aromatic nitrogens is 1. The Morgan fingerprint density at radius 1 is 1.02 bits per heavy atom. The topological polar surface area (TPSA) is 115 Å². The number of hydrogen-bond acceptors (Lipinski definition) is 10. The predicted molar refractivity (Wildman–Crippen MR) is 153 cm³/mol. The number of hydrogen-bond donors (Lipinski definition) is 0. The highest BCUT2D eigenvalue weighted by molar-refractivity contribution is 7.07. The van der Waals surface area contributed by atoms with Crippen LogP contribution < -0.4 is 33.8 Å². The van der Waals surface area contributed by atoms with Gasteiger partial charge in [0, 0.05) is 18.6 Å². The lowest BCUT2D eigenvalue weighted by Gasteiger charge is -2.25. The largest absolute Gasteiger partial charge is 0.497 e. The van der Waals surface area contributed by atoms with Gasteiger partial charge in [-0.2, -0.15) is 0 Å². The summed E-state index contributed by atoms with van der Waals surface area (Å²) in [6.45, 7) is 7.09. The third-order valence-electron chi connectivity index (χ3n) is 6.27. The highest BCUT2D eigenvalue weighted by atomic mass is 32.1. The molecule has 0 fully saturated rings. The Bertz CT molecular complexity index is 1700. The molecule has 0 amide bonds. The predicted octanol–water partition coefficient (Wildman–Crippen LogP) is 3.39. The molecule has 41 heavy (non-hydrogen) atoms. The molecule has 1 aromatic heterocycles. The first-order chi connectivity index (χ1) is 19.6. The van der Waals surface area contributed by atoms with E-state index in [-0.39, 0.29) is 35.2 Å². The van der Waals surface area contributed by atoms with Gasteiger partial charge in [-0.05, 0) is 48.7 Å². The van der Waals surface area contributed by atoms with Gasteiger partial charge >= 0.3 is 11.9 Å². The van der Waals surface area contributed by atoms with Crippen LogP contribution in [-0.2, 0) is 14.3 Å². The summed E-state index contributed by atoms with van der Waals surface area (Å²) in [7, 11) is 4.55. The number of nitrogens with zero attached hydrogens (tertiary/aromatic N) is 2. The standard InChI is InChI=1S/C30H32N2O8S/c1-16(2)15-39-29(35)26-17(3)31-30-32(27(26)20-9-11-22(40-18(4)33)24(12-20)38-7)28(34)25(41-30)13-19-8-10-21(36-5)14-23(19)37-6/h8-14,16,27H,15H2,1-7H3/b25-13+/t27-/m1/s1. The molecule has 1 aliphatic rings. The molecule has 0 N–H and O–H groups in total. The fraction of sp³-hybridized carbons (Fsp3) is 0.333. The Morgan fingerprint density at radius 2 is 1.76 bits per heavy atom. The van der Waals surface area contributed by atoms with Crippen LogP contribution in [0, 0.1) is 5.92 Å². The lowest BCUT2D eigenvalue weighted by molar-refractivity contribution is -0.140. The molecular weight excluding hydrogens is 548 g/mol. The molecule has 0 aliphatic carbocycles. The van der Waals surface area contributed by atoms with E-state index in [0.717, 1.165) is 0 Å². The first-order valence-corrected chi connectivity index (χ1v) is 13.7. The zero-order chi connectivity index (χ0) is 29.8. The molecule has 216 valence electrons. The highest BCUT2D eigenvalue weighted by Crippen LogP contribution is 2.36. The molecule has 0 saturated heterocycles. The lowest BCUT2D eigenvalue weighted by Crippen LogP contribution is -2.40. The quantitative estimate of drug-likeness (QED) is 0.280. The number of thiazole rings is 1. The third-order valence-corrected chi connectivity index (χ3v) is 7.26. The van der Waals surface area contributed by atoms with Gasteiger partial charge in [0.15, 0.2) is 16.3 Å². The number of ether oxygens (including phenoxy) is 5. The van der Waals surface area contributed by atoms with Crippen LogP contribution >= 0.6 is 11.3 Å². The maximum Gasteiger partial charge on any atom is 0.338 e. The van der Waals surface area contributed by atoms with Crippen LogP contribution in [-0.4, -0.2) is 44.4 Å². The average Bonchev–Trinajstić information content (AvgIpc) is 3.24. The van der Waals surface area contributed by atoms with Crippen molar-refractivity contribution in [1.29, 1.82) is 0 Å². The van der Waals surface area contributed by atoms with Crippen molar-refractivity contribution in [2.75, 3.05) is 27.9 Å². The molecule has 2 heterocycles. The maximum atomic E-state index is 14.0. The van der Waals surface area contributed by atoms with Crippen LogP contribution in [0.4, 0.5) is 0 Å². The van der Waals surface area contributed by atoms with Crippen LogP contribution in [0.2, 0.25) is 0 Å². The molecule has 10 nitrogen and oxygen atoms in total.